The van der Waals surface area contributed by atoms with E-state index in [0.717, 1.165) is 0 Å². The van der Waals surface area contributed by atoms with E-state index in [0.29, 0.717) is 0 Å². The van der Waals surface area contributed by atoms with Gasteiger partial charge in [-0.25, -0.2) is 0 Å². The van der Waals surface area contributed by atoms with Crippen LogP contribution in [-0.2, 0) is 56.4 Å². The standard InChI is InChI=1S/Ce.Ni.Pd.Rh. The Bertz CT molecular complexity index is 8.00. The third kappa shape index (κ3) is 8.94. The fraction of sp³-hybridized carbons (Fsp3) is 0. The molecule has 0 aliphatic heterocycles. The first kappa shape index (κ1) is 27.2. The van der Waals surface area contributed by atoms with Gasteiger partial charge in [-0.3, -0.25) is 0 Å². The third-order valence-electron chi connectivity index (χ3n) is 0. The summed E-state index contributed by atoms with van der Waals surface area (Å²) in [6.07, 6.45) is 0. The summed E-state index contributed by atoms with van der Waals surface area (Å²) in [7, 11) is 0. The van der Waals surface area contributed by atoms with Crippen molar-refractivity contribution in [1.29, 1.82) is 0 Å². The zero-order chi connectivity index (χ0) is 0. The third-order valence-corrected chi connectivity index (χ3v) is 0. The summed E-state index contributed by atoms with van der Waals surface area (Å²) in [5.74, 6) is 0. The van der Waals surface area contributed by atoms with Gasteiger partial charge in [-0.05, 0) is 0 Å². The van der Waals surface area contributed by atoms with Crippen LogP contribution >= 0.6 is 0 Å². The van der Waals surface area contributed by atoms with Gasteiger partial charge in [-0.15, -0.1) is 0 Å². The minimum atomic E-state index is 0. The molecular weight excluding hydrogens is 408 g/mol. The van der Waals surface area contributed by atoms with E-state index in [1.807, 2.05) is 0 Å². The molecule has 0 aliphatic rings. The molecule has 33 valence electrons. The fourth-order valence-corrected chi connectivity index (χ4v) is 0. The van der Waals surface area contributed by atoms with Crippen LogP contribution in [0.2, 0.25) is 0 Å². The molecule has 1 radical (unpaired) electrons. The molecule has 0 amide bonds. The molecule has 4 heavy (non-hydrogen) atoms. The average Bonchev–Trinajstić information content (AvgIpc) is 0. The Morgan fingerprint density at radius 2 is 1.00 bits per heavy atom. The van der Waals surface area contributed by atoms with E-state index in [-0.39, 0.29) is 98.1 Å². The first-order chi connectivity index (χ1) is 0. The normalized spacial score (nSPS) is 0. The molecule has 0 aromatic rings. The molecule has 0 heterocycles. The summed E-state index contributed by atoms with van der Waals surface area (Å²) in [4.78, 5) is 0. The van der Waals surface area contributed by atoms with Gasteiger partial charge in [0.1, 0.15) is 0 Å². The van der Waals surface area contributed by atoms with Crippen LogP contribution in [0.3, 0.4) is 0 Å². The maximum absolute atomic E-state index is 0. The number of hydrogen-bond donors (Lipinski definition) is 0. The van der Waals surface area contributed by atoms with Crippen molar-refractivity contribution in [2.75, 3.05) is 0 Å². The molecule has 0 rings (SSSR count). The number of rotatable bonds is 0. The fourth-order valence-electron chi connectivity index (χ4n) is 0. The Morgan fingerprint density at radius 1 is 1.00 bits per heavy atom. The van der Waals surface area contributed by atoms with Crippen molar-refractivity contribution in [3.63, 3.8) is 0 Å². The molecule has 0 aromatic carbocycles. The molecule has 0 atom stereocenters. The smallest absolute Gasteiger partial charge is 0 e. The van der Waals surface area contributed by atoms with Crippen LogP contribution < -0.4 is 0 Å². The molecule has 0 fully saturated rings. The minimum Gasteiger partial charge on any atom is 0 e. The topological polar surface area (TPSA) is 0 Å². The van der Waals surface area contributed by atoms with Gasteiger partial charge in [0.15, 0.2) is 0 Å². The monoisotopic (exact) mass is 407 g/mol. The van der Waals surface area contributed by atoms with E-state index in [9.17, 15) is 0 Å². The summed E-state index contributed by atoms with van der Waals surface area (Å²) in [6.45, 7) is 0. The van der Waals surface area contributed by atoms with Crippen molar-refractivity contribution in [3.05, 3.63) is 0 Å². The van der Waals surface area contributed by atoms with Gasteiger partial charge in [0, 0.05) is 98.1 Å². The van der Waals surface area contributed by atoms with Crippen molar-refractivity contribution in [1.82, 2.24) is 0 Å². The average molecular weight is 408 g/mol. The van der Waals surface area contributed by atoms with Crippen molar-refractivity contribution < 1.29 is 98.1 Å². The molecular formula is CeNiPdRh. The second-order valence-corrected chi connectivity index (χ2v) is 0. The van der Waals surface area contributed by atoms with Gasteiger partial charge in [-0.2, -0.15) is 0 Å². The van der Waals surface area contributed by atoms with Crippen molar-refractivity contribution in [2.45, 2.75) is 0 Å². The molecule has 0 aliphatic carbocycles. The Hall–Kier alpha value is 3.16. The Labute approximate surface area is 96.0 Å². The minimum absolute atomic E-state index is 0. The van der Waals surface area contributed by atoms with Gasteiger partial charge in [0.2, 0.25) is 0 Å². The van der Waals surface area contributed by atoms with Gasteiger partial charge in [0.05, 0.1) is 0 Å². The molecule has 4 heteroatoms. The maximum atomic E-state index is 0. The van der Waals surface area contributed by atoms with E-state index in [2.05, 4.69) is 0 Å². The largest absolute Gasteiger partial charge is 0 e. The quantitative estimate of drug-likeness (QED) is 0.495. The van der Waals surface area contributed by atoms with Gasteiger partial charge < -0.3 is 0 Å². The van der Waals surface area contributed by atoms with E-state index in [4.69, 9.17) is 0 Å². The van der Waals surface area contributed by atoms with E-state index >= 15 is 0 Å². The second kappa shape index (κ2) is 16.4. The van der Waals surface area contributed by atoms with Crippen LogP contribution in [-0.4, -0.2) is 0 Å². The first-order valence-corrected chi connectivity index (χ1v) is 0. The zero-order valence-corrected chi connectivity index (χ0v) is 8.79. The van der Waals surface area contributed by atoms with Crippen molar-refractivity contribution in [2.24, 2.45) is 0 Å². The molecule has 0 unspecified atom stereocenters. The maximum Gasteiger partial charge on any atom is 0 e. The van der Waals surface area contributed by atoms with Crippen LogP contribution in [0, 0.1) is 41.7 Å². The summed E-state index contributed by atoms with van der Waals surface area (Å²) in [6, 6.07) is 0. The van der Waals surface area contributed by atoms with Crippen molar-refractivity contribution in [3.8, 4) is 0 Å². The summed E-state index contributed by atoms with van der Waals surface area (Å²) < 4.78 is 0. The van der Waals surface area contributed by atoms with Crippen LogP contribution in [0.4, 0.5) is 0 Å². The molecule has 0 aromatic heterocycles. The van der Waals surface area contributed by atoms with Gasteiger partial charge >= 0.3 is 0 Å². The van der Waals surface area contributed by atoms with Crippen LogP contribution in [0.15, 0.2) is 0 Å². The molecule has 0 bridgehead atoms. The molecule has 0 spiro atoms. The predicted molar refractivity (Wildman–Crippen MR) is 0 cm³/mol. The molecule has 0 N–H and O–H groups in total. The Morgan fingerprint density at radius 3 is 1.00 bits per heavy atom. The van der Waals surface area contributed by atoms with E-state index in [1.54, 1.807) is 0 Å². The summed E-state index contributed by atoms with van der Waals surface area (Å²) in [5, 5.41) is 0. The molecule has 0 nitrogen and oxygen atoms in total. The van der Waals surface area contributed by atoms with E-state index < -0.39 is 0 Å². The molecule has 0 saturated heterocycles. The molecule has 0 saturated carbocycles. The van der Waals surface area contributed by atoms with E-state index in [1.165, 1.54) is 0 Å². The predicted octanol–water partition coefficient (Wildman–Crippen LogP) is -0.00750. The van der Waals surface area contributed by atoms with Gasteiger partial charge in [-0.1, -0.05) is 0 Å². The van der Waals surface area contributed by atoms with Crippen LogP contribution in [0.25, 0.3) is 0 Å². The first-order valence-electron chi connectivity index (χ1n) is 0. The Balaban J connectivity index is 0. The van der Waals surface area contributed by atoms with Gasteiger partial charge in [0.25, 0.3) is 0 Å². The van der Waals surface area contributed by atoms with Crippen molar-refractivity contribution >= 4 is 0 Å². The number of hydrogen-bond acceptors (Lipinski definition) is 0. The summed E-state index contributed by atoms with van der Waals surface area (Å²) in [5.41, 5.74) is 0. The zero-order valence-electron chi connectivity index (χ0n) is 1.47. The Kier molecular flexibility index (Phi) is 112. The SMILES string of the molecule is [Ce].[Ni].[Pd].[Rh]. The second-order valence-electron chi connectivity index (χ2n) is 0. The summed E-state index contributed by atoms with van der Waals surface area (Å²) >= 11 is 0. The van der Waals surface area contributed by atoms with Crippen LogP contribution in [0.5, 0.6) is 0 Å². The van der Waals surface area contributed by atoms with Crippen LogP contribution in [0.1, 0.15) is 0 Å².